The van der Waals surface area contributed by atoms with Gasteiger partial charge in [0.05, 0.1) is 12.1 Å². The normalized spacial score (nSPS) is 26.4. The van der Waals surface area contributed by atoms with Crippen molar-refractivity contribution in [3.05, 3.63) is 29.3 Å². The molecule has 2 atom stereocenters. The summed E-state index contributed by atoms with van der Waals surface area (Å²) in [6, 6.07) is 8.20. The Morgan fingerprint density at radius 3 is 3.00 bits per heavy atom. The molecule has 76 valence electrons. The fraction of sp³-hybridized carbons (Fsp3) is 0.455. The van der Waals surface area contributed by atoms with E-state index in [1.807, 2.05) is 24.3 Å². The molecule has 0 unspecified atom stereocenters. The zero-order valence-electron chi connectivity index (χ0n) is 8.16. The molecular weight excluding hydrogens is 198 g/mol. The maximum atomic E-state index is 5.90. The predicted octanol–water partition coefficient (Wildman–Crippen LogP) is 2.93. The van der Waals surface area contributed by atoms with Crippen LogP contribution in [0.15, 0.2) is 24.3 Å². The van der Waals surface area contributed by atoms with E-state index in [9.17, 15) is 0 Å². The summed E-state index contributed by atoms with van der Waals surface area (Å²) in [5.41, 5.74) is 1.07. The lowest BCUT2D eigenvalue weighted by Crippen LogP contribution is -2.26. The molecule has 0 spiro atoms. The molecule has 0 aliphatic carbocycles. The summed E-state index contributed by atoms with van der Waals surface area (Å²) < 4.78 is 5.47. The van der Waals surface area contributed by atoms with Crippen LogP contribution in [0.25, 0.3) is 0 Å². The highest BCUT2D eigenvalue weighted by molar-refractivity contribution is 6.30. The molecule has 0 radical (unpaired) electrons. The summed E-state index contributed by atoms with van der Waals surface area (Å²) in [5.74, 6) is 0. The average Bonchev–Trinajstić information content (AvgIpc) is 2.52. The van der Waals surface area contributed by atoms with Crippen LogP contribution in [0.3, 0.4) is 0 Å². The van der Waals surface area contributed by atoms with Gasteiger partial charge in [-0.2, -0.15) is 0 Å². The van der Waals surface area contributed by atoms with E-state index in [0.29, 0.717) is 6.04 Å². The fourth-order valence-electron chi connectivity index (χ4n) is 1.71. The van der Waals surface area contributed by atoms with E-state index in [0.717, 1.165) is 23.7 Å². The number of hydrogen-bond acceptors (Lipinski definition) is 2. The summed E-state index contributed by atoms with van der Waals surface area (Å²) in [5, 5.41) is 4.19. The maximum absolute atomic E-state index is 5.90. The molecule has 1 N–H and O–H groups in total. The molecule has 1 aromatic carbocycles. The van der Waals surface area contributed by atoms with Gasteiger partial charge in [0.25, 0.3) is 0 Å². The van der Waals surface area contributed by atoms with Gasteiger partial charge >= 0.3 is 0 Å². The molecule has 0 aromatic heterocycles. The Labute approximate surface area is 89.2 Å². The van der Waals surface area contributed by atoms with Crippen LogP contribution in [0.1, 0.15) is 13.3 Å². The molecule has 1 aliphatic heterocycles. The average molecular weight is 212 g/mol. The number of halogens is 1. The molecule has 2 nitrogen and oxygen atoms in total. The van der Waals surface area contributed by atoms with Gasteiger partial charge in [-0.25, -0.2) is 0 Å². The zero-order chi connectivity index (χ0) is 9.97. The molecule has 14 heavy (non-hydrogen) atoms. The van der Waals surface area contributed by atoms with Crippen molar-refractivity contribution in [3.8, 4) is 0 Å². The topological polar surface area (TPSA) is 21.3 Å². The number of benzene rings is 1. The summed E-state index contributed by atoms with van der Waals surface area (Å²) in [6.45, 7) is 2.94. The zero-order valence-corrected chi connectivity index (χ0v) is 8.92. The van der Waals surface area contributed by atoms with Gasteiger partial charge in [0.2, 0.25) is 0 Å². The minimum atomic E-state index is 0.286. The van der Waals surface area contributed by atoms with Gasteiger partial charge < -0.3 is 10.1 Å². The van der Waals surface area contributed by atoms with Crippen LogP contribution in [0.5, 0.6) is 0 Å². The van der Waals surface area contributed by atoms with Crippen molar-refractivity contribution in [1.82, 2.24) is 0 Å². The summed E-state index contributed by atoms with van der Waals surface area (Å²) >= 11 is 5.90. The molecule has 1 fully saturated rings. The van der Waals surface area contributed by atoms with E-state index in [1.54, 1.807) is 0 Å². The first-order valence-corrected chi connectivity index (χ1v) is 5.27. The number of nitrogens with one attached hydrogen (secondary N) is 1. The first kappa shape index (κ1) is 9.81. The Bertz CT molecular complexity index is 316. The van der Waals surface area contributed by atoms with Crippen LogP contribution < -0.4 is 5.32 Å². The lowest BCUT2D eigenvalue weighted by atomic mass is 10.1. The highest BCUT2D eigenvalue weighted by atomic mass is 35.5. The third kappa shape index (κ3) is 2.20. The molecule has 1 saturated heterocycles. The Balaban J connectivity index is 2.03. The van der Waals surface area contributed by atoms with Crippen molar-refractivity contribution >= 4 is 17.3 Å². The maximum Gasteiger partial charge on any atom is 0.0748 e. The lowest BCUT2D eigenvalue weighted by molar-refractivity contribution is 0.121. The molecule has 0 saturated carbocycles. The summed E-state index contributed by atoms with van der Waals surface area (Å²) in [4.78, 5) is 0. The molecule has 1 aliphatic rings. The second kappa shape index (κ2) is 4.20. The Morgan fingerprint density at radius 1 is 1.50 bits per heavy atom. The van der Waals surface area contributed by atoms with Crippen LogP contribution in [0, 0.1) is 0 Å². The van der Waals surface area contributed by atoms with E-state index in [4.69, 9.17) is 16.3 Å². The molecule has 0 bridgehead atoms. The second-order valence-electron chi connectivity index (χ2n) is 3.63. The predicted molar refractivity (Wildman–Crippen MR) is 58.9 cm³/mol. The number of rotatable bonds is 2. The molecular formula is C11H14ClNO. The van der Waals surface area contributed by atoms with E-state index in [-0.39, 0.29) is 6.10 Å². The molecule has 1 aromatic rings. The standard InChI is InChI=1S/C11H14ClNO/c1-8-11(5-6-14-8)13-10-4-2-3-9(12)7-10/h2-4,7-8,11,13H,5-6H2,1H3/t8-,11+/m1/s1. The lowest BCUT2D eigenvalue weighted by Gasteiger charge is -2.17. The minimum Gasteiger partial charge on any atom is -0.380 e. The van der Waals surface area contributed by atoms with Crippen molar-refractivity contribution in [2.75, 3.05) is 11.9 Å². The van der Waals surface area contributed by atoms with E-state index in [1.165, 1.54) is 0 Å². The largest absolute Gasteiger partial charge is 0.380 e. The van der Waals surface area contributed by atoms with Crippen molar-refractivity contribution in [1.29, 1.82) is 0 Å². The summed E-state index contributed by atoms with van der Waals surface area (Å²) in [7, 11) is 0. The van der Waals surface area contributed by atoms with E-state index < -0.39 is 0 Å². The van der Waals surface area contributed by atoms with E-state index >= 15 is 0 Å². The van der Waals surface area contributed by atoms with E-state index in [2.05, 4.69) is 12.2 Å². The third-order valence-electron chi connectivity index (χ3n) is 2.55. The quantitative estimate of drug-likeness (QED) is 0.812. The smallest absolute Gasteiger partial charge is 0.0748 e. The van der Waals surface area contributed by atoms with Gasteiger partial charge in [0, 0.05) is 17.3 Å². The van der Waals surface area contributed by atoms with Gasteiger partial charge in [-0.3, -0.25) is 0 Å². The first-order valence-electron chi connectivity index (χ1n) is 4.89. The molecule has 2 rings (SSSR count). The van der Waals surface area contributed by atoms with Crippen LogP contribution in [0.2, 0.25) is 5.02 Å². The van der Waals surface area contributed by atoms with Gasteiger partial charge in [0.1, 0.15) is 0 Å². The number of anilines is 1. The summed E-state index contributed by atoms with van der Waals surface area (Å²) in [6.07, 6.45) is 1.35. The Hall–Kier alpha value is -0.730. The monoisotopic (exact) mass is 211 g/mol. The van der Waals surface area contributed by atoms with Crippen LogP contribution >= 0.6 is 11.6 Å². The molecule has 1 heterocycles. The van der Waals surface area contributed by atoms with Crippen molar-refractivity contribution in [3.63, 3.8) is 0 Å². The van der Waals surface area contributed by atoms with Gasteiger partial charge in [-0.15, -0.1) is 0 Å². The van der Waals surface area contributed by atoms with Crippen LogP contribution in [-0.2, 0) is 4.74 Å². The highest BCUT2D eigenvalue weighted by Crippen LogP contribution is 2.21. The minimum absolute atomic E-state index is 0.286. The molecule has 3 heteroatoms. The van der Waals surface area contributed by atoms with Gasteiger partial charge in [-0.1, -0.05) is 17.7 Å². The number of hydrogen-bond donors (Lipinski definition) is 1. The molecule has 0 amide bonds. The fourth-order valence-corrected chi connectivity index (χ4v) is 1.90. The Kier molecular flexibility index (Phi) is 2.94. The SMILES string of the molecule is C[C@H]1OCC[C@@H]1Nc1cccc(Cl)c1. The van der Waals surface area contributed by atoms with Crippen molar-refractivity contribution in [2.45, 2.75) is 25.5 Å². The highest BCUT2D eigenvalue weighted by Gasteiger charge is 2.23. The second-order valence-corrected chi connectivity index (χ2v) is 4.06. The number of ether oxygens (including phenoxy) is 1. The first-order chi connectivity index (χ1) is 6.75. The van der Waals surface area contributed by atoms with Crippen LogP contribution in [0.4, 0.5) is 5.69 Å². The van der Waals surface area contributed by atoms with Crippen molar-refractivity contribution < 1.29 is 4.74 Å². The van der Waals surface area contributed by atoms with Crippen LogP contribution in [-0.4, -0.2) is 18.8 Å². The van der Waals surface area contributed by atoms with Crippen molar-refractivity contribution in [2.24, 2.45) is 0 Å². The Morgan fingerprint density at radius 2 is 2.36 bits per heavy atom. The third-order valence-corrected chi connectivity index (χ3v) is 2.79. The van der Waals surface area contributed by atoms with Gasteiger partial charge in [-0.05, 0) is 31.5 Å². The van der Waals surface area contributed by atoms with Gasteiger partial charge in [0.15, 0.2) is 0 Å².